The first kappa shape index (κ1) is 17.4. The van der Waals surface area contributed by atoms with Crippen molar-refractivity contribution in [2.45, 2.75) is 30.6 Å². The van der Waals surface area contributed by atoms with E-state index in [1.807, 2.05) is 0 Å². The maximum Gasteiger partial charge on any atom is 0.321 e. The maximum atomic E-state index is 12.4. The lowest BCUT2D eigenvalue weighted by Crippen LogP contribution is -2.41. The number of nitrogens with one attached hydrogen (secondary N) is 1. The smallest absolute Gasteiger partial charge is 0.321 e. The normalized spacial score (nSPS) is 18.2. The third kappa shape index (κ3) is 4.15. The highest BCUT2D eigenvalue weighted by atomic mass is 32.2. The van der Waals surface area contributed by atoms with Crippen molar-refractivity contribution in [3.63, 3.8) is 0 Å². The van der Waals surface area contributed by atoms with Crippen molar-refractivity contribution in [2.24, 2.45) is 5.14 Å². The monoisotopic (exact) mass is 365 g/mol. The van der Waals surface area contributed by atoms with Crippen LogP contribution in [0.4, 0.5) is 10.5 Å². The average Bonchev–Trinajstić information content (AvgIpc) is 3.01. The van der Waals surface area contributed by atoms with Gasteiger partial charge in [-0.1, -0.05) is 5.16 Å². The molecule has 0 unspecified atom stereocenters. The van der Waals surface area contributed by atoms with Crippen molar-refractivity contribution in [1.82, 2.24) is 15.0 Å². The van der Waals surface area contributed by atoms with Crippen LogP contribution in [0.1, 0.15) is 30.5 Å². The lowest BCUT2D eigenvalue weighted by Gasteiger charge is -2.31. The van der Waals surface area contributed by atoms with Crippen LogP contribution in [-0.4, -0.2) is 42.6 Å². The van der Waals surface area contributed by atoms with E-state index in [-0.39, 0.29) is 16.8 Å². The lowest BCUT2D eigenvalue weighted by molar-refractivity contribution is 0.184. The number of primary sulfonamides is 1. The number of hydrogen-bond acceptors (Lipinski definition) is 6. The molecule has 1 aromatic heterocycles. The lowest BCUT2D eigenvalue weighted by atomic mass is 9.98. The third-order valence-electron chi connectivity index (χ3n) is 4.04. The zero-order chi connectivity index (χ0) is 18.0. The predicted molar refractivity (Wildman–Crippen MR) is 89.4 cm³/mol. The molecule has 9 nitrogen and oxygen atoms in total. The van der Waals surface area contributed by atoms with Crippen LogP contribution in [0.2, 0.25) is 0 Å². The van der Waals surface area contributed by atoms with E-state index in [0.717, 1.165) is 12.8 Å². The Morgan fingerprint density at radius 1 is 1.36 bits per heavy atom. The average molecular weight is 365 g/mol. The zero-order valence-corrected chi connectivity index (χ0v) is 14.5. The molecule has 1 aliphatic rings. The van der Waals surface area contributed by atoms with Crippen LogP contribution in [0.3, 0.4) is 0 Å². The molecular weight excluding hydrogens is 346 g/mol. The van der Waals surface area contributed by atoms with Crippen molar-refractivity contribution in [2.75, 3.05) is 18.4 Å². The zero-order valence-electron chi connectivity index (χ0n) is 13.7. The van der Waals surface area contributed by atoms with Crippen LogP contribution in [0.15, 0.2) is 33.7 Å². The van der Waals surface area contributed by atoms with E-state index >= 15 is 0 Å². The summed E-state index contributed by atoms with van der Waals surface area (Å²) in [6, 6.07) is 5.45. The van der Waals surface area contributed by atoms with Gasteiger partial charge in [0.1, 0.15) is 0 Å². The Morgan fingerprint density at radius 3 is 2.68 bits per heavy atom. The number of benzene rings is 1. The Kier molecular flexibility index (Phi) is 4.73. The van der Waals surface area contributed by atoms with Crippen LogP contribution >= 0.6 is 0 Å². The Morgan fingerprint density at radius 2 is 2.08 bits per heavy atom. The molecule has 0 radical (unpaired) electrons. The molecule has 2 aromatic rings. The second kappa shape index (κ2) is 6.81. The number of rotatable bonds is 3. The molecule has 1 aliphatic heterocycles. The summed E-state index contributed by atoms with van der Waals surface area (Å²) >= 11 is 0. The van der Waals surface area contributed by atoms with Crippen LogP contribution < -0.4 is 10.5 Å². The van der Waals surface area contributed by atoms with Crippen molar-refractivity contribution in [3.05, 3.63) is 36.0 Å². The molecule has 10 heteroatoms. The summed E-state index contributed by atoms with van der Waals surface area (Å²) in [5.74, 6) is 1.14. The fourth-order valence-corrected chi connectivity index (χ4v) is 3.29. The minimum Gasteiger partial charge on any atom is -0.339 e. The molecule has 0 spiro atoms. The summed E-state index contributed by atoms with van der Waals surface area (Å²) in [6.07, 6.45) is 1.72. The van der Waals surface area contributed by atoms with Crippen molar-refractivity contribution >= 4 is 21.7 Å². The Bertz CT molecular complexity index is 862. The van der Waals surface area contributed by atoms with Gasteiger partial charge in [0.2, 0.25) is 15.9 Å². The Labute approximate surface area is 145 Å². The van der Waals surface area contributed by atoms with E-state index in [1.165, 1.54) is 24.3 Å². The number of sulfonamides is 1. The molecule has 1 saturated heterocycles. The van der Waals surface area contributed by atoms with Crippen LogP contribution in [0.5, 0.6) is 0 Å². The summed E-state index contributed by atoms with van der Waals surface area (Å²) in [6.45, 7) is 2.87. The van der Waals surface area contributed by atoms with Gasteiger partial charge in [0.25, 0.3) is 0 Å². The molecule has 134 valence electrons. The van der Waals surface area contributed by atoms with Crippen LogP contribution in [-0.2, 0) is 10.0 Å². The van der Waals surface area contributed by atoms with Gasteiger partial charge in [-0.3, -0.25) is 0 Å². The van der Waals surface area contributed by atoms with Gasteiger partial charge >= 0.3 is 6.03 Å². The highest BCUT2D eigenvalue weighted by Gasteiger charge is 2.28. The minimum atomic E-state index is -3.75. The first-order valence-electron chi connectivity index (χ1n) is 7.82. The summed E-state index contributed by atoms with van der Waals surface area (Å²) < 4.78 is 27.7. The molecular formula is C15H19N5O4S. The Balaban J connectivity index is 1.64. The largest absolute Gasteiger partial charge is 0.339 e. The van der Waals surface area contributed by atoms with Gasteiger partial charge in [0.15, 0.2) is 5.82 Å². The minimum absolute atomic E-state index is 0.00435. The number of nitrogens with zero attached hydrogens (tertiary/aromatic N) is 3. The molecule has 2 heterocycles. The number of carbonyl (C=O) groups is 1. The number of nitrogens with two attached hydrogens (primary N) is 1. The third-order valence-corrected chi connectivity index (χ3v) is 4.96. The van der Waals surface area contributed by atoms with Crippen molar-refractivity contribution in [3.8, 4) is 0 Å². The quantitative estimate of drug-likeness (QED) is 0.846. The summed E-state index contributed by atoms with van der Waals surface area (Å²) in [5.41, 5.74) is 0.494. The number of urea groups is 1. The molecule has 1 atom stereocenters. The van der Waals surface area contributed by atoms with Gasteiger partial charge in [0, 0.05) is 18.8 Å². The summed E-state index contributed by atoms with van der Waals surface area (Å²) in [5, 5.41) is 11.6. The molecule has 25 heavy (non-hydrogen) atoms. The van der Waals surface area contributed by atoms with Gasteiger partial charge in [-0.25, -0.2) is 18.4 Å². The Hall–Kier alpha value is -2.46. The number of likely N-dealkylation sites (tertiary alicyclic amines) is 1. The number of carbonyl (C=O) groups excluding carboxylic acids is 1. The maximum absolute atomic E-state index is 12.4. The van der Waals surface area contributed by atoms with Crippen LogP contribution in [0, 0.1) is 6.92 Å². The van der Waals surface area contributed by atoms with Crippen molar-refractivity contribution in [1.29, 1.82) is 0 Å². The molecule has 3 N–H and O–H groups in total. The first-order valence-corrected chi connectivity index (χ1v) is 9.36. The fourth-order valence-electron chi connectivity index (χ4n) is 2.77. The van der Waals surface area contributed by atoms with E-state index in [2.05, 4.69) is 15.5 Å². The first-order chi connectivity index (χ1) is 11.8. The standard InChI is InChI=1S/C15H19N5O4S/c1-10-17-14(24-19-10)11-3-2-8-20(9-11)15(21)18-12-4-6-13(7-5-12)25(16,22)23/h4-7,11H,2-3,8-9H2,1H3,(H,18,21)(H2,16,22,23)/t11-/m0/s1. The highest BCUT2D eigenvalue weighted by molar-refractivity contribution is 7.89. The molecule has 2 amide bonds. The fraction of sp³-hybridized carbons (Fsp3) is 0.400. The number of amides is 2. The van der Waals surface area contributed by atoms with Gasteiger partial charge in [0.05, 0.1) is 10.8 Å². The highest BCUT2D eigenvalue weighted by Crippen LogP contribution is 2.26. The topological polar surface area (TPSA) is 131 Å². The number of aryl methyl sites for hydroxylation is 1. The number of hydrogen-bond donors (Lipinski definition) is 2. The van der Waals surface area contributed by atoms with E-state index in [1.54, 1.807) is 11.8 Å². The second-order valence-corrected chi connectivity index (χ2v) is 7.53. The van der Waals surface area contributed by atoms with E-state index in [9.17, 15) is 13.2 Å². The molecule has 0 bridgehead atoms. The SMILES string of the molecule is Cc1noc([C@H]2CCCN(C(=O)Nc3ccc(S(N)(=O)=O)cc3)C2)n1. The predicted octanol–water partition coefficient (Wildman–Crippen LogP) is 1.44. The number of piperidine rings is 1. The van der Waals surface area contributed by atoms with E-state index < -0.39 is 10.0 Å². The molecule has 1 aromatic carbocycles. The van der Waals surface area contributed by atoms with Gasteiger partial charge < -0.3 is 14.7 Å². The number of anilines is 1. The molecule has 1 fully saturated rings. The number of aromatic nitrogens is 2. The van der Waals surface area contributed by atoms with Gasteiger partial charge in [-0.05, 0) is 44.0 Å². The van der Waals surface area contributed by atoms with Gasteiger partial charge in [-0.15, -0.1) is 0 Å². The summed E-state index contributed by atoms with van der Waals surface area (Å²) in [7, 11) is -3.75. The van der Waals surface area contributed by atoms with Crippen molar-refractivity contribution < 1.29 is 17.7 Å². The van der Waals surface area contributed by atoms with Crippen LogP contribution in [0.25, 0.3) is 0 Å². The van der Waals surface area contributed by atoms with Gasteiger partial charge in [-0.2, -0.15) is 4.98 Å². The molecule has 0 saturated carbocycles. The molecule has 0 aliphatic carbocycles. The van der Waals surface area contributed by atoms with E-state index in [0.29, 0.717) is 30.5 Å². The van der Waals surface area contributed by atoms with E-state index in [4.69, 9.17) is 9.66 Å². The summed E-state index contributed by atoms with van der Waals surface area (Å²) in [4.78, 5) is 18.4. The second-order valence-electron chi connectivity index (χ2n) is 5.96. The molecule has 3 rings (SSSR count).